The van der Waals surface area contributed by atoms with E-state index < -0.39 is 0 Å². The topological polar surface area (TPSA) is 70.8 Å². The fraction of sp³-hybridized carbons (Fsp3) is 0.120. The normalized spacial score (nSPS) is 11.5. The van der Waals surface area contributed by atoms with E-state index in [9.17, 15) is 10.2 Å². The molecule has 0 bridgehead atoms. The minimum Gasteiger partial charge on any atom is -0.872 e. The summed E-state index contributed by atoms with van der Waals surface area (Å²) in [7, 11) is 0. The Hall–Kier alpha value is -3.15. The predicted octanol–water partition coefficient (Wildman–Crippen LogP) is 4.07. The molecule has 0 aliphatic heterocycles. The van der Waals surface area contributed by atoms with E-state index in [2.05, 4.69) is 9.98 Å². The summed E-state index contributed by atoms with van der Waals surface area (Å²) in [5.74, 6) is -0.0474. The van der Waals surface area contributed by atoms with Gasteiger partial charge in [0.25, 0.3) is 0 Å². The van der Waals surface area contributed by atoms with Crippen molar-refractivity contribution < 1.29 is 27.0 Å². The molecule has 1 radical (unpaired) electrons. The van der Waals surface area contributed by atoms with Crippen molar-refractivity contribution in [3.05, 3.63) is 83.9 Å². The van der Waals surface area contributed by atoms with Gasteiger partial charge in [-0.1, -0.05) is 84.3 Å². The van der Waals surface area contributed by atoms with Gasteiger partial charge in [0.1, 0.15) is 0 Å². The Morgan fingerprint density at radius 2 is 1.03 bits per heavy atom. The summed E-state index contributed by atoms with van der Waals surface area (Å²) in [5.41, 5.74) is 1.25. The third-order valence-electron chi connectivity index (χ3n) is 4.88. The molecule has 0 aliphatic rings. The molecule has 0 aromatic heterocycles. The van der Waals surface area contributed by atoms with E-state index in [1.54, 1.807) is 24.6 Å². The van der Waals surface area contributed by atoms with Crippen LogP contribution in [0.1, 0.15) is 17.5 Å². The van der Waals surface area contributed by atoms with Gasteiger partial charge in [0.05, 0.1) is 0 Å². The zero-order chi connectivity index (χ0) is 20.1. The van der Waals surface area contributed by atoms with Gasteiger partial charge in [0, 0.05) is 25.5 Å². The van der Waals surface area contributed by atoms with Gasteiger partial charge in [-0.3, -0.25) is 9.98 Å². The van der Waals surface area contributed by atoms with Gasteiger partial charge in [-0.05, 0) is 39.1 Å². The zero-order valence-corrected chi connectivity index (χ0v) is 17.3. The second-order valence-corrected chi connectivity index (χ2v) is 6.82. The van der Waals surface area contributed by atoms with Crippen LogP contribution in [-0.4, -0.2) is 25.5 Å². The van der Waals surface area contributed by atoms with Crippen LogP contribution >= 0.6 is 0 Å². The van der Waals surface area contributed by atoms with Crippen LogP contribution in [0.5, 0.6) is 11.5 Å². The molecule has 5 heteroatoms. The van der Waals surface area contributed by atoms with Crippen molar-refractivity contribution in [3.8, 4) is 11.5 Å². The second-order valence-electron chi connectivity index (χ2n) is 6.82. The van der Waals surface area contributed by atoms with E-state index >= 15 is 0 Å². The summed E-state index contributed by atoms with van der Waals surface area (Å²) >= 11 is 0. The van der Waals surface area contributed by atoms with E-state index in [1.807, 2.05) is 60.7 Å². The Kier molecular flexibility index (Phi) is 7.22. The largest absolute Gasteiger partial charge is 2.00 e. The van der Waals surface area contributed by atoms with Crippen LogP contribution in [0.25, 0.3) is 21.5 Å². The van der Waals surface area contributed by atoms with Crippen LogP contribution in [0, 0.1) is 0 Å². The molecule has 0 saturated heterocycles. The predicted molar refractivity (Wildman–Crippen MR) is 116 cm³/mol. The first-order valence-electron chi connectivity index (χ1n) is 9.61. The summed E-state index contributed by atoms with van der Waals surface area (Å²) < 4.78 is 0. The molecule has 0 heterocycles. The quantitative estimate of drug-likeness (QED) is 0.336. The van der Waals surface area contributed by atoms with Crippen LogP contribution < -0.4 is 10.2 Å². The molecule has 4 aromatic carbocycles. The first-order valence-corrected chi connectivity index (χ1v) is 9.61. The SMILES string of the molecule is [Co+2].[O-]c1ccc2ccccc2c1C=NCCCN=Cc1c([O-])ccc2ccccc12. The monoisotopic (exact) mass is 439 g/mol. The number of aliphatic imine (C=N–C) groups is 2. The maximum atomic E-state index is 12.2. The van der Waals surface area contributed by atoms with E-state index in [0.717, 1.165) is 28.0 Å². The molecular weight excluding hydrogens is 419 g/mol. The average Bonchev–Trinajstić information content (AvgIpc) is 2.75. The van der Waals surface area contributed by atoms with E-state index in [0.29, 0.717) is 24.2 Å². The third-order valence-corrected chi connectivity index (χ3v) is 4.88. The first kappa shape index (κ1) is 21.6. The molecule has 0 atom stereocenters. The first-order chi connectivity index (χ1) is 14.2. The fourth-order valence-electron chi connectivity index (χ4n) is 3.38. The number of rotatable bonds is 6. The van der Waals surface area contributed by atoms with Gasteiger partial charge in [0.2, 0.25) is 0 Å². The summed E-state index contributed by atoms with van der Waals surface area (Å²) in [5, 5.41) is 28.2. The molecule has 4 nitrogen and oxygen atoms in total. The standard InChI is InChI=1S/C25H22N2O2.Co/c28-24-12-10-18-6-1-3-8-20(18)22(24)16-26-14-5-15-27-17-23-21-9-4-2-7-19(21)11-13-25(23)29;/h1-4,6-13,16-17,28-29H,5,14-15H2;/q;+2/p-2. The third kappa shape index (κ3) is 4.70. The Morgan fingerprint density at radius 1 is 0.600 bits per heavy atom. The summed E-state index contributed by atoms with van der Waals surface area (Å²) in [6.45, 7) is 1.14. The van der Waals surface area contributed by atoms with E-state index in [1.165, 1.54) is 0 Å². The molecule has 0 fully saturated rings. The molecule has 30 heavy (non-hydrogen) atoms. The average molecular weight is 439 g/mol. The second kappa shape index (κ2) is 10.0. The fourth-order valence-corrected chi connectivity index (χ4v) is 3.38. The van der Waals surface area contributed by atoms with Gasteiger partial charge in [-0.25, -0.2) is 0 Å². The number of hydrogen-bond donors (Lipinski definition) is 0. The van der Waals surface area contributed by atoms with Crippen molar-refractivity contribution in [1.29, 1.82) is 0 Å². The van der Waals surface area contributed by atoms with E-state index in [-0.39, 0.29) is 28.3 Å². The smallest absolute Gasteiger partial charge is 0.872 e. The minimum atomic E-state index is -0.0237. The van der Waals surface area contributed by atoms with Gasteiger partial charge in [-0.2, -0.15) is 0 Å². The molecule has 4 rings (SSSR count). The van der Waals surface area contributed by atoms with E-state index in [4.69, 9.17) is 0 Å². The molecular formula is C25H20CoN2O2. The maximum absolute atomic E-state index is 12.2. The van der Waals surface area contributed by atoms with Crippen LogP contribution in [-0.2, 0) is 16.8 Å². The number of nitrogens with zero attached hydrogens (tertiary/aromatic N) is 2. The van der Waals surface area contributed by atoms with Crippen molar-refractivity contribution in [2.24, 2.45) is 9.98 Å². The molecule has 0 amide bonds. The van der Waals surface area contributed by atoms with Crippen molar-refractivity contribution in [3.63, 3.8) is 0 Å². The van der Waals surface area contributed by atoms with Crippen LogP contribution in [0.4, 0.5) is 0 Å². The number of benzene rings is 4. The summed E-state index contributed by atoms with van der Waals surface area (Å²) in [4.78, 5) is 8.81. The maximum Gasteiger partial charge on any atom is 2.00 e. The van der Waals surface area contributed by atoms with Gasteiger partial charge < -0.3 is 10.2 Å². The molecule has 0 spiro atoms. The zero-order valence-electron chi connectivity index (χ0n) is 16.2. The Labute approximate surface area is 185 Å². The van der Waals surface area contributed by atoms with Crippen LogP contribution in [0.3, 0.4) is 0 Å². The van der Waals surface area contributed by atoms with Crippen LogP contribution in [0.15, 0.2) is 82.8 Å². The van der Waals surface area contributed by atoms with Crippen molar-refractivity contribution in [2.45, 2.75) is 6.42 Å². The van der Waals surface area contributed by atoms with Crippen LogP contribution in [0.2, 0.25) is 0 Å². The van der Waals surface area contributed by atoms with Crippen molar-refractivity contribution >= 4 is 34.0 Å². The van der Waals surface area contributed by atoms with Gasteiger partial charge in [-0.15, -0.1) is 0 Å². The van der Waals surface area contributed by atoms with Gasteiger partial charge in [0.15, 0.2) is 0 Å². The Morgan fingerprint density at radius 3 is 1.50 bits per heavy atom. The van der Waals surface area contributed by atoms with Gasteiger partial charge >= 0.3 is 16.8 Å². The summed E-state index contributed by atoms with van der Waals surface area (Å²) in [6, 6.07) is 22.4. The number of fused-ring (bicyclic) bond motifs is 2. The molecule has 4 aromatic rings. The van der Waals surface area contributed by atoms with Crippen molar-refractivity contribution in [1.82, 2.24) is 0 Å². The summed E-state index contributed by atoms with van der Waals surface area (Å²) in [6.07, 6.45) is 4.06. The number of hydrogen-bond acceptors (Lipinski definition) is 4. The molecule has 0 N–H and O–H groups in total. The Balaban J connectivity index is 0.00000256. The van der Waals surface area contributed by atoms with Crippen molar-refractivity contribution in [2.75, 3.05) is 13.1 Å². The minimum absolute atomic E-state index is 0. The Bertz CT molecular complexity index is 1120. The molecule has 0 unspecified atom stereocenters. The molecule has 151 valence electrons. The molecule has 0 aliphatic carbocycles. The molecule has 0 saturated carbocycles.